The number of morpholine rings is 1. The van der Waals surface area contributed by atoms with Crippen molar-refractivity contribution in [2.75, 3.05) is 32.8 Å². The summed E-state index contributed by atoms with van der Waals surface area (Å²) in [6.45, 7) is 4.31. The van der Waals surface area contributed by atoms with Crippen molar-refractivity contribution in [1.82, 2.24) is 9.88 Å². The van der Waals surface area contributed by atoms with Gasteiger partial charge in [-0.05, 0) is 18.1 Å². The maximum atomic E-state index is 5.85. The van der Waals surface area contributed by atoms with Crippen LogP contribution in [0.3, 0.4) is 0 Å². The summed E-state index contributed by atoms with van der Waals surface area (Å²) in [6, 6.07) is 4.49. The summed E-state index contributed by atoms with van der Waals surface area (Å²) in [5.74, 6) is 0. The molecule has 1 saturated heterocycles. The smallest absolute Gasteiger partial charge is 0.0594 e. The van der Waals surface area contributed by atoms with Crippen molar-refractivity contribution in [2.24, 2.45) is 5.73 Å². The summed E-state index contributed by atoms with van der Waals surface area (Å²) < 4.78 is 5.35. The molecular formula is C12H19N3O. The Morgan fingerprint density at radius 3 is 2.88 bits per heavy atom. The van der Waals surface area contributed by atoms with Gasteiger partial charge in [-0.15, -0.1) is 0 Å². The Bertz CT molecular complexity index is 298. The lowest BCUT2D eigenvalue weighted by atomic mass is 10.1. The SMILES string of the molecule is NCC(Cc1cccnc1)N1CCOCC1. The molecule has 1 aliphatic heterocycles. The van der Waals surface area contributed by atoms with Crippen molar-refractivity contribution in [2.45, 2.75) is 12.5 Å². The minimum Gasteiger partial charge on any atom is -0.379 e. The summed E-state index contributed by atoms with van der Waals surface area (Å²) >= 11 is 0. The van der Waals surface area contributed by atoms with Crippen molar-refractivity contribution in [3.8, 4) is 0 Å². The fourth-order valence-electron chi connectivity index (χ4n) is 2.10. The van der Waals surface area contributed by atoms with Crippen LogP contribution in [0.2, 0.25) is 0 Å². The van der Waals surface area contributed by atoms with Crippen LogP contribution in [0.15, 0.2) is 24.5 Å². The van der Waals surface area contributed by atoms with Gasteiger partial charge in [0, 0.05) is 38.1 Å². The fourth-order valence-corrected chi connectivity index (χ4v) is 2.10. The summed E-state index contributed by atoms with van der Waals surface area (Å²) in [5.41, 5.74) is 7.10. The van der Waals surface area contributed by atoms with Crippen molar-refractivity contribution >= 4 is 0 Å². The topological polar surface area (TPSA) is 51.4 Å². The first-order valence-corrected chi connectivity index (χ1v) is 5.81. The van der Waals surface area contributed by atoms with Gasteiger partial charge in [-0.3, -0.25) is 9.88 Å². The van der Waals surface area contributed by atoms with Crippen molar-refractivity contribution in [1.29, 1.82) is 0 Å². The number of hydrogen-bond acceptors (Lipinski definition) is 4. The fraction of sp³-hybridized carbons (Fsp3) is 0.583. The number of nitrogens with zero attached hydrogens (tertiary/aromatic N) is 2. The molecule has 16 heavy (non-hydrogen) atoms. The van der Waals surface area contributed by atoms with E-state index in [1.165, 1.54) is 5.56 Å². The van der Waals surface area contributed by atoms with E-state index in [0.29, 0.717) is 12.6 Å². The van der Waals surface area contributed by atoms with Gasteiger partial charge in [-0.1, -0.05) is 6.07 Å². The molecule has 2 N–H and O–H groups in total. The maximum absolute atomic E-state index is 5.85. The molecule has 88 valence electrons. The molecular weight excluding hydrogens is 202 g/mol. The van der Waals surface area contributed by atoms with Gasteiger partial charge < -0.3 is 10.5 Å². The average molecular weight is 221 g/mol. The number of aromatic nitrogens is 1. The van der Waals surface area contributed by atoms with Gasteiger partial charge in [0.2, 0.25) is 0 Å². The molecule has 0 saturated carbocycles. The minimum absolute atomic E-state index is 0.410. The summed E-state index contributed by atoms with van der Waals surface area (Å²) in [7, 11) is 0. The van der Waals surface area contributed by atoms with Crippen LogP contribution < -0.4 is 5.73 Å². The molecule has 1 fully saturated rings. The molecule has 1 atom stereocenters. The number of ether oxygens (including phenoxy) is 1. The Kier molecular flexibility index (Phi) is 4.27. The van der Waals surface area contributed by atoms with E-state index in [1.54, 1.807) is 6.20 Å². The van der Waals surface area contributed by atoms with Crippen LogP contribution in [-0.2, 0) is 11.2 Å². The first-order chi connectivity index (χ1) is 7.90. The van der Waals surface area contributed by atoms with Crippen LogP contribution in [0.5, 0.6) is 0 Å². The third kappa shape index (κ3) is 3.01. The highest BCUT2D eigenvalue weighted by Crippen LogP contribution is 2.09. The van der Waals surface area contributed by atoms with E-state index in [-0.39, 0.29) is 0 Å². The molecule has 0 spiro atoms. The van der Waals surface area contributed by atoms with E-state index in [9.17, 15) is 0 Å². The normalized spacial score (nSPS) is 19.6. The van der Waals surface area contributed by atoms with E-state index in [0.717, 1.165) is 32.7 Å². The summed E-state index contributed by atoms with van der Waals surface area (Å²) in [5, 5.41) is 0. The summed E-state index contributed by atoms with van der Waals surface area (Å²) in [6.07, 6.45) is 4.70. The second kappa shape index (κ2) is 5.94. The van der Waals surface area contributed by atoms with Crippen molar-refractivity contribution in [3.63, 3.8) is 0 Å². The highest BCUT2D eigenvalue weighted by molar-refractivity contribution is 5.10. The molecule has 1 aromatic rings. The van der Waals surface area contributed by atoms with E-state index in [4.69, 9.17) is 10.5 Å². The Morgan fingerprint density at radius 2 is 2.25 bits per heavy atom. The molecule has 1 aliphatic rings. The maximum Gasteiger partial charge on any atom is 0.0594 e. The predicted molar refractivity (Wildman–Crippen MR) is 63.2 cm³/mol. The number of nitrogens with two attached hydrogens (primary N) is 1. The molecule has 0 aromatic carbocycles. The van der Waals surface area contributed by atoms with Gasteiger partial charge in [0.15, 0.2) is 0 Å². The zero-order valence-electron chi connectivity index (χ0n) is 9.51. The third-order valence-corrected chi connectivity index (χ3v) is 3.03. The van der Waals surface area contributed by atoms with Crippen LogP contribution in [0.4, 0.5) is 0 Å². The lowest BCUT2D eigenvalue weighted by molar-refractivity contribution is 0.0184. The second-order valence-electron chi connectivity index (χ2n) is 4.10. The van der Waals surface area contributed by atoms with Gasteiger partial charge >= 0.3 is 0 Å². The highest BCUT2D eigenvalue weighted by Gasteiger charge is 2.19. The highest BCUT2D eigenvalue weighted by atomic mass is 16.5. The standard InChI is InChI=1S/C12H19N3O/c13-9-12(15-4-6-16-7-5-15)8-11-2-1-3-14-10-11/h1-3,10,12H,4-9,13H2. The van der Waals surface area contributed by atoms with Crippen molar-refractivity contribution in [3.05, 3.63) is 30.1 Å². The molecule has 4 nitrogen and oxygen atoms in total. The van der Waals surface area contributed by atoms with Crippen molar-refractivity contribution < 1.29 is 4.74 Å². The summed E-state index contributed by atoms with van der Waals surface area (Å²) in [4.78, 5) is 6.55. The molecule has 0 bridgehead atoms. The monoisotopic (exact) mass is 221 g/mol. The van der Waals surface area contributed by atoms with Crippen LogP contribution in [0.1, 0.15) is 5.56 Å². The molecule has 0 radical (unpaired) electrons. The number of hydrogen-bond donors (Lipinski definition) is 1. The predicted octanol–water partition coefficient (Wildman–Crippen LogP) is 0.284. The van der Waals surface area contributed by atoms with Crippen LogP contribution in [0, 0.1) is 0 Å². The quantitative estimate of drug-likeness (QED) is 0.793. The lowest BCUT2D eigenvalue weighted by Crippen LogP contribution is -2.47. The van der Waals surface area contributed by atoms with E-state index >= 15 is 0 Å². The Morgan fingerprint density at radius 1 is 1.44 bits per heavy atom. The first kappa shape index (κ1) is 11.5. The molecule has 1 aromatic heterocycles. The first-order valence-electron chi connectivity index (χ1n) is 5.81. The van der Waals surface area contributed by atoms with Gasteiger partial charge in [0.1, 0.15) is 0 Å². The van der Waals surface area contributed by atoms with Crippen LogP contribution >= 0.6 is 0 Å². The third-order valence-electron chi connectivity index (χ3n) is 3.03. The largest absolute Gasteiger partial charge is 0.379 e. The number of pyridine rings is 1. The van der Waals surface area contributed by atoms with Crippen LogP contribution in [0.25, 0.3) is 0 Å². The zero-order chi connectivity index (χ0) is 11.2. The zero-order valence-corrected chi connectivity index (χ0v) is 9.51. The van der Waals surface area contributed by atoms with Gasteiger partial charge in [0.25, 0.3) is 0 Å². The lowest BCUT2D eigenvalue weighted by Gasteiger charge is -2.33. The average Bonchev–Trinajstić information content (AvgIpc) is 2.38. The molecule has 4 heteroatoms. The van der Waals surface area contributed by atoms with Gasteiger partial charge in [-0.2, -0.15) is 0 Å². The van der Waals surface area contributed by atoms with Crippen LogP contribution in [-0.4, -0.2) is 48.8 Å². The minimum atomic E-state index is 0.410. The Labute approximate surface area is 96.4 Å². The molecule has 0 amide bonds. The van der Waals surface area contributed by atoms with E-state index in [1.807, 2.05) is 12.3 Å². The van der Waals surface area contributed by atoms with Gasteiger partial charge in [0.05, 0.1) is 13.2 Å². The molecule has 1 unspecified atom stereocenters. The second-order valence-corrected chi connectivity index (χ2v) is 4.10. The van der Waals surface area contributed by atoms with E-state index in [2.05, 4.69) is 16.0 Å². The van der Waals surface area contributed by atoms with E-state index < -0.39 is 0 Å². The Hall–Kier alpha value is -0.970. The van der Waals surface area contributed by atoms with Gasteiger partial charge in [-0.25, -0.2) is 0 Å². The number of rotatable bonds is 4. The molecule has 2 rings (SSSR count). The Balaban J connectivity index is 1.94. The molecule has 2 heterocycles. The molecule has 0 aliphatic carbocycles.